The second kappa shape index (κ2) is 9.81. The maximum Gasteiger partial charge on any atom is 0.314 e. The molecule has 0 aliphatic heterocycles. The zero-order chi connectivity index (χ0) is 13.4. The summed E-state index contributed by atoms with van der Waals surface area (Å²) in [5, 5.41) is 2.49. The van der Waals surface area contributed by atoms with Crippen LogP contribution >= 0.6 is 23.7 Å². The zero-order valence-corrected chi connectivity index (χ0v) is 12.7. The number of rotatable bonds is 7. The SMILES string of the molecule is COC(=O)CCCCC(C)C(=O)Oc1cccs1.Cl. The van der Waals surface area contributed by atoms with E-state index in [1.165, 1.54) is 18.4 Å². The predicted octanol–water partition coefficient (Wildman–Crippen LogP) is 3.44. The quantitative estimate of drug-likeness (QED) is 0.572. The van der Waals surface area contributed by atoms with E-state index in [1.807, 2.05) is 18.4 Å². The molecule has 0 spiro atoms. The molecule has 1 aromatic rings. The molecular weight excluding hydrogens is 288 g/mol. The van der Waals surface area contributed by atoms with Crippen molar-refractivity contribution in [3.8, 4) is 5.06 Å². The third-order valence-corrected chi connectivity index (χ3v) is 3.34. The highest BCUT2D eigenvalue weighted by Crippen LogP contribution is 2.20. The molecule has 6 heteroatoms. The van der Waals surface area contributed by atoms with Crippen LogP contribution in [0.1, 0.15) is 32.6 Å². The second-order valence-electron chi connectivity index (χ2n) is 4.08. The van der Waals surface area contributed by atoms with Gasteiger partial charge in [0.2, 0.25) is 0 Å². The van der Waals surface area contributed by atoms with Crippen molar-refractivity contribution < 1.29 is 19.1 Å². The molecule has 1 unspecified atom stereocenters. The molecule has 1 aromatic heterocycles. The zero-order valence-electron chi connectivity index (χ0n) is 11.1. The molecule has 108 valence electrons. The number of hydrogen-bond acceptors (Lipinski definition) is 5. The highest BCUT2D eigenvalue weighted by atomic mass is 35.5. The number of esters is 2. The van der Waals surface area contributed by atoms with E-state index in [-0.39, 0.29) is 30.3 Å². The fourth-order valence-electron chi connectivity index (χ4n) is 1.46. The molecule has 4 nitrogen and oxygen atoms in total. The van der Waals surface area contributed by atoms with Crippen molar-refractivity contribution in [2.75, 3.05) is 7.11 Å². The van der Waals surface area contributed by atoms with Crippen LogP contribution in [0.3, 0.4) is 0 Å². The number of hydrogen-bond donors (Lipinski definition) is 0. The van der Waals surface area contributed by atoms with Gasteiger partial charge in [-0.05, 0) is 30.4 Å². The van der Waals surface area contributed by atoms with Gasteiger partial charge in [0.05, 0.1) is 13.0 Å². The molecule has 1 heterocycles. The van der Waals surface area contributed by atoms with Crippen molar-refractivity contribution in [3.05, 3.63) is 17.5 Å². The van der Waals surface area contributed by atoms with Crippen LogP contribution in [0.4, 0.5) is 0 Å². The van der Waals surface area contributed by atoms with Gasteiger partial charge in [-0.1, -0.05) is 13.3 Å². The summed E-state index contributed by atoms with van der Waals surface area (Å²) in [6.45, 7) is 1.84. The average molecular weight is 307 g/mol. The maximum absolute atomic E-state index is 11.7. The van der Waals surface area contributed by atoms with E-state index < -0.39 is 0 Å². The Balaban J connectivity index is 0.00000324. The normalized spacial score (nSPS) is 11.3. The Kier molecular flexibility index (Phi) is 9.26. The van der Waals surface area contributed by atoms with Gasteiger partial charge in [0.15, 0.2) is 5.06 Å². The van der Waals surface area contributed by atoms with Crippen molar-refractivity contribution in [1.82, 2.24) is 0 Å². The van der Waals surface area contributed by atoms with Crippen LogP contribution in [-0.2, 0) is 14.3 Å². The summed E-state index contributed by atoms with van der Waals surface area (Å²) in [6, 6.07) is 3.61. The molecule has 0 bridgehead atoms. The smallest absolute Gasteiger partial charge is 0.314 e. The number of thiophene rings is 1. The van der Waals surface area contributed by atoms with E-state index in [4.69, 9.17) is 4.74 Å². The molecule has 0 aliphatic carbocycles. The van der Waals surface area contributed by atoms with E-state index in [1.54, 1.807) is 6.07 Å². The Morgan fingerprint density at radius 2 is 2.11 bits per heavy atom. The standard InChI is InChI=1S/C13H18O4S.ClH/c1-10(6-3-4-7-11(14)16-2)13(15)17-12-8-5-9-18-12;/h5,8-10H,3-4,6-7H2,1-2H3;1H. The first-order valence-electron chi connectivity index (χ1n) is 5.95. The predicted molar refractivity (Wildman–Crippen MR) is 76.9 cm³/mol. The lowest BCUT2D eigenvalue weighted by Gasteiger charge is -2.09. The fraction of sp³-hybridized carbons (Fsp3) is 0.538. The summed E-state index contributed by atoms with van der Waals surface area (Å²) in [4.78, 5) is 22.6. The van der Waals surface area contributed by atoms with Gasteiger partial charge < -0.3 is 9.47 Å². The summed E-state index contributed by atoms with van der Waals surface area (Å²) < 4.78 is 9.75. The third kappa shape index (κ3) is 7.18. The molecule has 0 saturated heterocycles. The van der Waals surface area contributed by atoms with Crippen LogP contribution in [-0.4, -0.2) is 19.0 Å². The number of unbranched alkanes of at least 4 members (excludes halogenated alkanes) is 1. The van der Waals surface area contributed by atoms with Gasteiger partial charge in [-0.25, -0.2) is 0 Å². The molecular formula is C13H19ClO4S. The molecule has 0 saturated carbocycles. The Morgan fingerprint density at radius 1 is 1.37 bits per heavy atom. The monoisotopic (exact) mass is 306 g/mol. The molecule has 19 heavy (non-hydrogen) atoms. The van der Waals surface area contributed by atoms with Gasteiger partial charge in [-0.2, -0.15) is 0 Å². The van der Waals surface area contributed by atoms with Crippen molar-refractivity contribution in [2.45, 2.75) is 32.6 Å². The van der Waals surface area contributed by atoms with Gasteiger partial charge in [0.1, 0.15) is 0 Å². The lowest BCUT2D eigenvalue weighted by molar-refractivity contribution is -0.140. The van der Waals surface area contributed by atoms with Crippen LogP contribution in [0.25, 0.3) is 0 Å². The molecule has 1 rings (SSSR count). The van der Waals surface area contributed by atoms with Crippen LogP contribution in [0.2, 0.25) is 0 Å². The first kappa shape index (κ1) is 17.9. The largest absolute Gasteiger partial charge is 0.469 e. The van der Waals surface area contributed by atoms with Crippen molar-refractivity contribution >= 4 is 35.7 Å². The summed E-state index contributed by atoms with van der Waals surface area (Å²) in [7, 11) is 1.38. The van der Waals surface area contributed by atoms with Crippen molar-refractivity contribution in [2.24, 2.45) is 5.92 Å². The van der Waals surface area contributed by atoms with Gasteiger partial charge in [-0.15, -0.1) is 23.7 Å². The minimum Gasteiger partial charge on any atom is -0.469 e. The van der Waals surface area contributed by atoms with E-state index in [2.05, 4.69) is 4.74 Å². The first-order valence-corrected chi connectivity index (χ1v) is 6.83. The molecule has 0 fully saturated rings. The third-order valence-electron chi connectivity index (χ3n) is 2.59. The number of carbonyl (C=O) groups excluding carboxylic acids is 2. The van der Waals surface area contributed by atoms with E-state index in [9.17, 15) is 9.59 Å². The second-order valence-corrected chi connectivity index (χ2v) is 4.99. The summed E-state index contributed by atoms with van der Waals surface area (Å²) >= 11 is 1.40. The number of ether oxygens (including phenoxy) is 2. The first-order chi connectivity index (χ1) is 8.63. The van der Waals surface area contributed by atoms with E-state index in [0.29, 0.717) is 11.5 Å². The molecule has 0 aromatic carbocycles. The Hall–Kier alpha value is -1.07. The van der Waals surface area contributed by atoms with E-state index >= 15 is 0 Å². The molecule has 0 amide bonds. The Labute approximate surface area is 123 Å². The Morgan fingerprint density at radius 3 is 2.68 bits per heavy atom. The van der Waals surface area contributed by atoms with Crippen LogP contribution in [0, 0.1) is 5.92 Å². The summed E-state index contributed by atoms with van der Waals surface area (Å²) in [5.41, 5.74) is 0. The van der Waals surface area contributed by atoms with Crippen LogP contribution in [0.5, 0.6) is 5.06 Å². The lowest BCUT2D eigenvalue weighted by Crippen LogP contribution is -2.17. The van der Waals surface area contributed by atoms with Gasteiger partial charge >= 0.3 is 11.9 Å². The highest BCUT2D eigenvalue weighted by Gasteiger charge is 2.15. The topological polar surface area (TPSA) is 52.6 Å². The summed E-state index contributed by atoms with van der Waals surface area (Å²) in [6.07, 6.45) is 2.68. The molecule has 0 radical (unpaired) electrons. The molecule has 1 atom stereocenters. The fourth-order valence-corrected chi connectivity index (χ4v) is 2.04. The van der Waals surface area contributed by atoms with Crippen molar-refractivity contribution in [1.29, 1.82) is 0 Å². The minimum absolute atomic E-state index is 0. The number of carbonyl (C=O) groups is 2. The Bertz CT molecular complexity index is 378. The van der Waals surface area contributed by atoms with Crippen LogP contribution < -0.4 is 4.74 Å². The van der Waals surface area contributed by atoms with Crippen molar-refractivity contribution in [3.63, 3.8) is 0 Å². The molecule has 0 N–H and O–H groups in total. The number of methoxy groups -OCH3 is 1. The maximum atomic E-state index is 11.7. The van der Waals surface area contributed by atoms with Crippen LogP contribution in [0.15, 0.2) is 17.5 Å². The van der Waals surface area contributed by atoms with E-state index in [0.717, 1.165) is 19.3 Å². The highest BCUT2D eigenvalue weighted by molar-refractivity contribution is 7.11. The van der Waals surface area contributed by atoms with Gasteiger partial charge in [-0.3, -0.25) is 9.59 Å². The minimum atomic E-state index is -0.212. The molecule has 0 aliphatic rings. The lowest BCUT2D eigenvalue weighted by atomic mass is 10.0. The van der Waals surface area contributed by atoms with Gasteiger partial charge in [0.25, 0.3) is 0 Å². The summed E-state index contributed by atoms with van der Waals surface area (Å²) in [5.74, 6) is -0.566. The number of halogens is 1. The van der Waals surface area contributed by atoms with Gasteiger partial charge in [0, 0.05) is 6.42 Å². The average Bonchev–Trinajstić information content (AvgIpc) is 2.86.